The van der Waals surface area contributed by atoms with Crippen LogP contribution in [0, 0.1) is 17.8 Å². The molecular weight excluding hydrogens is 224 g/mol. The molecule has 1 saturated carbocycles. The minimum Gasteiger partial charge on any atom is -0.504 e. The Hall–Kier alpha value is -0.920. The summed E-state index contributed by atoms with van der Waals surface area (Å²) in [5.41, 5.74) is 1.09. The van der Waals surface area contributed by atoms with E-state index in [2.05, 4.69) is 20.8 Å². The van der Waals surface area contributed by atoms with E-state index in [9.17, 15) is 0 Å². The first-order chi connectivity index (χ1) is 8.54. The first-order valence-electron chi connectivity index (χ1n) is 7.06. The van der Waals surface area contributed by atoms with Gasteiger partial charge in [0.1, 0.15) is 6.10 Å². The summed E-state index contributed by atoms with van der Waals surface area (Å²) in [6, 6.07) is 0. The van der Waals surface area contributed by atoms with Crippen molar-refractivity contribution in [3.8, 4) is 0 Å². The van der Waals surface area contributed by atoms with Crippen molar-refractivity contribution in [1.29, 1.82) is 0 Å². The molecular formula is C16H28O2. The Labute approximate surface area is 112 Å². The van der Waals surface area contributed by atoms with Gasteiger partial charge in [0.25, 0.3) is 0 Å². The van der Waals surface area contributed by atoms with Gasteiger partial charge >= 0.3 is 0 Å². The third-order valence-electron chi connectivity index (χ3n) is 3.86. The molecule has 1 aliphatic carbocycles. The maximum atomic E-state index is 6.02. The monoisotopic (exact) mass is 252 g/mol. The first-order valence-corrected chi connectivity index (χ1v) is 7.06. The molecule has 0 radical (unpaired) electrons. The first kappa shape index (κ1) is 15.1. The summed E-state index contributed by atoms with van der Waals surface area (Å²) in [7, 11) is 1.66. The predicted molar refractivity (Wildman–Crippen MR) is 76.1 cm³/mol. The summed E-state index contributed by atoms with van der Waals surface area (Å²) >= 11 is 0. The van der Waals surface area contributed by atoms with Crippen molar-refractivity contribution in [2.24, 2.45) is 17.8 Å². The van der Waals surface area contributed by atoms with Gasteiger partial charge in [0.05, 0.1) is 19.6 Å². The smallest absolute Gasteiger partial charge is 0.101 e. The molecule has 0 aromatic carbocycles. The van der Waals surface area contributed by atoms with Crippen LogP contribution >= 0.6 is 0 Å². The van der Waals surface area contributed by atoms with Crippen LogP contribution in [0.1, 0.15) is 47.0 Å². The minimum absolute atomic E-state index is 0.375. The van der Waals surface area contributed by atoms with Gasteiger partial charge < -0.3 is 9.47 Å². The van der Waals surface area contributed by atoms with Crippen molar-refractivity contribution < 1.29 is 9.47 Å². The molecule has 2 heteroatoms. The molecule has 0 bridgehead atoms. The Morgan fingerprint density at radius 1 is 1.28 bits per heavy atom. The number of allylic oxidation sites excluding steroid dienone is 2. The number of methoxy groups -OCH3 is 1. The van der Waals surface area contributed by atoms with Gasteiger partial charge in [-0.05, 0) is 49.2 Å². The van der Waals surface area contributed by atoms with Gasteiger partial charge in [0, 0.05) is 0 Å². The zero-order valence-electron chi connectivity index (χ0n) is 12.5. The highest BCUT2D eigenvalue weighted by molar-refractivity contribution is 5.11. The molecule has 1 rings (SSSR count). The summed E-state index contributed by atoms with van der Waals surface area (Å²) in [4.78, 5) is 0. The van der Waals surface area contributed by atoms with Gasteiger partial charge in [-0.2, -0.15) is 0 Å². The summed E-state index contributed by atoms with van der Waals surface area (Å²) in [6.07, 6.45) is 9.68. The van der Waals surface area contributed by atoms with Crippen LogP contribution in [0.25, 0.3) is 0 Å². The molecule has 0 aliphatic heterocycles. The van der Waals surface area contributed by atoms with Gasteiger partial charge in [-0.25, -0.2) is 0 Å². The number of hydrogen-bond donors (Lipinski definition) is 0. The van der Waals surface area contributed by atoms with E-state index in [4.69, 9.17) is 9.47 Å². The standard InChI is InChI=1S/C16H28O2/c1-12(2)15-7-6-13(3)10-16(15)18-11-14(4)8-9-17-5/h8-9,11-13,15-16H,6-7,10H2,1-5H3/b9-8+,14-11-/t13-,15+,16-/m0/s1. The molecule has 0 aromatic heterocycles. The van der Waals surface area contributed by atoms with Gasteiger partial charge in [-0.15, -0.1) is 0 Å². The highest BCUT2D eigenvalue weighted by Crippen LogP contribution is 2.35. The lowest BCUT2D eigenvalue weighted by molar-refractivity contribution is 0.0129. The molecule has 0 saturated heterocycles. The molecule has 0 unspecified atom stereocenters. The van der Waals surface area contributed by atoms with Gasteiger partial charge in [0.15, 0.2) is 0 Å². The summed E-state index contributed by atoms with van der Waals surface area (Å²) < 4.78 is 10.9. The molecule has 18 heavy (non-hydrogen) atoms. The van der Waals surface area contributed by atoms with Crippen molar-refractivity contribution in [3.63, 3.8) is 0 Å². The second-order valence-corrected chi connectivity index (χ2v) is 5.90. The van der Waals surface area contributed by atoms with Crippen LogP contribution in [-0.4, -0.2) is 13.2 Å². The lowest BCUT2D eigenvalue weighted by atomic mass is 9.75. The van der Waals surface area contributed by atoms with Crippen molar-refractivity contribution >= 4 is 0 Å². The second kappa shape index (κ2) is 7.50. The van der Waals surface area contributed by atoms with E-state index in [0.717, 1.165) is 11.5 Å². The normalized spacial score (nSPS) is 29.9. The fourth-order valence-electron chi connectivity index (χ4n) is 2.68. The third-order valence-corrected chi connectivity index (χ3v) is 3.86. The zero-order chi connectivity index (χ0) is 13.5. The molecule has 0 aromatic rings. The quantitative estimate of drug-likeness (QED) is 0.529. The maximum absolute atomic E-state index is 6.02. The fraction of sp³-hybridized carbons (Fsp3) is 0.750. The lowest BCUT2D eigenvalue weighted by Crippen LogP contribution is -2.33. The fourth-order valence-corrected chi connectivity index (χ4v) is 2.68. The molecule has 1 aliphatic rings. The van der Waals surface area contributed by atoms with Crippen molar-refractivity contribution in [2.45, 2.75) is 53.1 Å². The van der Waals surface area contributed by atoms with Gasteiger partial charge in [-0.1, -0.05) is 27.2 Å². The number of rotatable bonds is 5. The van der Waals surface area contributed by atoms with Crippen molar-refractivity contribution in [2.75, 3.05) is 7.11 Å². The highest BCUT2D eigenvalue weighted by Gasteiger charge is 2.31. The van der Waals surface area contributed by atoms with Gasteiger partial charge in [0.2, 0.25) is 0 Å². The Morgan fingerprint density at radius 2 is 2.00 bits per heavy atom. The predicted octanol–water partition coefficient (Wildman–Crippen LogP) is 4.53. The Morgan fingerprint density at radius 3 is 2.61 bits per heavy atom. The molecule has 3 atom stereocenters. The summed E-state index contributed by atoms with van der Waals surface area (Å²) in [5.74, 6) is 2.18. The molecule has 0 amide bonds. The van der Waals surface area contributed by atoms with E-state index in [1.54, 1.807) is 13.4 Å². The molecule has 1 fully saturated rings. The van der Waals surface area contributed by atoms with E-state index in [0.29, 0.717) is 17.9 Å². The number of ether oxygens (including phenoxy) is 2. The molecule has 104 valence electrons. The second-order valence-electron chi connectivity index (χ2n) is 5.90. The van der Waals surface area contributed by atoms with Gasteiger partial charge in [-0.3, -0.25) is 0 Å². The van der Waals surface area contributed by atoms with Crippen LogP contribution < -0.4 is 0 Å². The van der Waals surface area contributed by atoms with E-state index in [-0.39, 0.29) is 0 Å². The van der Waals surface area contributed by atoms with Crippen LogP contribution in [0.2, 0.25) is 0 Å². The Kier molecular flexibility index (Phi) is 6.31. The number of hydrogen-bond acceptors (Lipinski definition) is 2. The molecule has 0 N–H and O–H groups in total. The third kappa shape index (κ3) is 4.75. The molecule has 0 heterocycles. The summed E-state index contributed by atoms with van der Waals surface area (Å²) in [6.45, 7) is 8.97. The Balaban J connectivity index is 2.58. The average Bonchev–Trinajstić information content (AvgIpc) is 2.33. The SMILES string of the molecule is CO/C=C/C(C)=C\O[C@H]1C[C@@H](C)CC[C@@H]1C(C)C. The van der Waals surface area contributed by atoms with E-state index >= 15 is 0 Å². The highest BCUT2D eigenvalue weighted by atomic mass is 16.5. The average molecular weight is 252 g/mol. The molecule has 0 spiro atoms. The molecule has 2 nitrogen and oxygen atoms in total. The topological polar surface area (TPSA) is 18.5 Å². The largest absolute Gasteiger partial charge is 0.504 e. The van der Waals surface area contributed by atoms with E-state index in [1.807, 2.05) is 19.3 Å². The Bertz CT molecular complexity index is 291. The van der Waals surface area contributed by atoms with Crippen LogP contribution in [0.5, 0.6) is 0 Å². The van der Waals surface area contributed by atoms with Crippen molar-refractivity contribution in [3.05, 3.63) is 24.2 Å². The van der Waals surface area contributed by atoms with E-state index in [1.165, 1.54) is 19.3 Å². The van der Waals surface area contributed by atoms with Crippen LogP contribution in [0.4, 0.5) is 0 Å². The van der Waals surface area contributed by atoms with Crippen LogP contribution in [0.15, 0.2) is 24.2 Å². The van der Waals surface area contributed by atoms with E-state index < -0.39 is 0 Å². The lowest BCUT2D eigenvalue weighted by Gasteiger charge is -2.36. The maximum Gasteiger partial charge on any atom is 0.101 e. The van der Waals surface area contributed by atoms with Crippen molar-refractivity contribution in [1.82, 2.24) is 0 Å². The minimum atomic E-state index is 0.375. The summed E-state index contributed by atoms with van der Waals surface area (Å²) in [5, 5.41) is 0. The zero-order valence-corrected chi connectivity index (χ0v) is 12.5. The van der Waals surface area contributed by atoms with Crippen LogP contribution in [0.3, 0.4) is 0 Å². The van der Waals surface area contributed by atoms with Crippen LogP contribution in [-0.2, 0) is 9.47 Å².